The molecule has 0 bridgehead atoms. The predicted octanol–water partition coefficient (Wildman–Crippen LogP) is 4.39. The van der Waals surface area contributed by atoms with Crippen molar-refractivity contribution >= 4 is 27.3 Å². The maximum Gasteiger partial charge on any atom is 0.265 e. The molecule has 0 atom stereocenters. The number of rotatable bonds is 8. The minimum atomic E-state index is -3.72. The van der Waals surface area contributed by atoms with Gasteiger partial charge in [0, 0.05) is 26.2 Å². The predicted molar refractivity (Wildman–Crippen MR) is 118 cm³/mol. The highest BCUT2D eigenvalue weighted by molar-refractivity contribution is 7.89. The molecular formula is C22H30N2O3S2. The molecule has 0 saturated heterocycles. The van der Waals surface area contributed by atoms with E-state index in [1.165, 1.54) is 21.2 Å². The molecule has 0 fully saturated rings. The summed E-state index contributed by atoms with van der Waals surface area (Å²) in [5.74, 6) is 0.253. The number of carbonyl (C=O) groups is 1. The third-order valence-electron chi connectivity index (χ3n) is 5.84. The van der Waals surface area contributed by atoms with E-state index in [2.05, 4.69) is 19.9 Å². The van der Waals surface area contributed by atoms with Crippen LogP contribution < -0.4 is 0 Å². The first-order chi connectivity index (χ1) is 13.9. The van der Waals surface area contributed by atoms with Crippen LogP contribution in [-0.2, 0) is 23.0 Å². The smallest absolute Gasteiger partial charge is 0.265 e. The summed E-state index contributed by atoms with van der Waals surface area (Å²) in [6, 6.07) is 9.53. The monoisotopic (exact) mass is 434 g/mol. The third kappa shape index (κ3) is 4.57. The van der Waals surface area contributed by atoms with Crippen molar-refractivity contribution in [1.29, 1.82) is 0 Å². The van der Waals surface area contributed by atoms with Gasteiger partial charge in [0.25, 0.3) is 5.91 Å². The molecule has 1 aromatic heterocycles. The minimum Gasteiger partial charge on any atom is -0.338 e. The molecular weight excluding hydrogens is 404 g/mol. The van der Waals surface area contributed by atoms with Crippen LogP contribution in [0.1, 0.15) is 54.4 Å². The number of benzene rings is 1. The Morgan fingerprint density at radius 2 is 1.83 bits per heavy atom. The van der Waals surface area contributed by atoms with Gasteiger partial charge in [-0.15, -0.1) is 11.3 Å². The molecule has 0 unspecified atom stereocenters. The van der Waals surface area contributed by atoms with Crippen LogP contribution in [0.4, 0.5) is 0 Å². The van der Waals surface area contributed by atoms with E-state index in [0.717, 1.165) is 18.4 Å². The second-order valence-corrected chi connectivity index (χ2v) is 10.3. The van der Waals surface area contributed by atoms with Gasteiger partial charge in [-0.3, -0.25) is 4.79 Å². The van der Waals surface area contributed by atoms with E-state index < -0.39 is 10.0 Å². The lowest BCUT2D eigenvalue weighted by molar-refractivity contribution is 0.0736. The van der Waals surface area contributed by atoms with Gasteiger partial charge >= 0.3 is 0 Å². The fourth-order valence-electron chi connectivity index (χ4n) is 3.83. The fraction of sp³-hybridized carbons (Fsp3) is 0.500. The van der Waals surface area contributed by atoms with Gasteiger partial charge < -0.3 is 4.90 Å². The molecule has 5 nitrogen and oxygen atoms in total. The van der Waals surface area contributed by atoms with E-state index in [9.17, 15) is 13.2 Å². The van der Waals surface area contributed by atoms with Crippen molar-refractivity contribution in [2.45, 2.75) is 51.5 Å². The Balaban J connectivity index is 1.86. The van der Waals surface area contributed by atoms with Gasteiger partial charge in [-0.1, -0.05) is 51.0 Å². The number of amides is 1. The molecule has 2 aromatic rings. The van der Waals surface area contributed by atoms with E-state index in [-0.39, 0.29) is 10.8 Å². The van der Waals surface area contributed by atoms with Gasteiger partial charge in [0.05, 0.1) is 0 Å². The number of nitrogens with zero attached hydrogens (tertiary/aromatic N) is 2. The van der Waals surface area contributed by atoms with Gasteiger partial charge in [-0.2, -0.15) is 4.31 Å². The van der Waals surface area contributed by atoms with Crippen LogP contribution in [0.25, 0.3) is 0 Å². The zero-order chi connectivity index (χ0) is 21.0. The first-order valence-corrected chi connectivity index (χ1v) is 12.7. The summed E-state index contributed by atoms with van der Waals surface area (Å²) in [5, 5.41) is 1.71. The summed E-state index contributed by atoms with van der Waals surface area (Å²) in [7, 11) is -3.72. The normalized spacial score (nSPS) is 14.8. The summed E-state index contributed by atoms with van der Waals surface area (Å²) < 4.78 is 28.3. The average molecular weight is 435 g/mol. The molecule has 2 heterocycles. The quantitative estimate of drug-likeness (QED) is 0.619. The second kappa shape index (κ2) is 9.41. The highest BCUT2D eigenvalue weighted by atomic mass is 32.2. The van der Waals surface area contributed by atoms with E-state index >= 15 is 0 Å². The maximum absolute atomic E-state index is 13.4. The van der Waals surface area contributed by atoms with Crippen LogP contribution in [0.3, 0.4) is 0 Å². The highest BCUT2D eigenvalue weighted by Crippen LogP contribution is 2.30. The number of hydrogen-bond acceptors (Lipinski definition) is 4. The Labute approximate surface area is 178 Å². The summed E-state index contributed by atoms with van der Waals surface area (Å²) in [6.07, 6.45) is 2.70. The Morgan fingerprint density at radius 3 is 2.48 bits per heavy atom. The van der Waals surface area contributed by atoms with E-state index in [1.54, 1.807) is 16.3 Å². The van der Waals surface area contributed by atoms with Crippen molar-refractivity contribution in [2.24, 2.45) is 5.92 Å². The Hall–Kier alpha value is -1.70. The first kappa shape index (κ1) is 22.0. The summed E-state index contributed by atoms with van der Waals surface area (Å²) in [4.78, 5) is 15.5. The molecule has 1 amide bonds. The van der Waals surface area contributed by atoms with Crippen molar-refractivity contribution in [2.75, 3.05) is 19.6 Å². The minimum absolute atomic E-state index is 0.148. The molecule has 0 N–H and O–H groups in total. The lowest BCUT2D eigenvalue weighted by atomic mass is 10.0. The molecule has 0 radical (unpaired) electrons. The molecule has 1 aliphatic rings. The Bertz CT molecular complexity index is 948. The van der Waals surface area contributed by atoms with E-state index in [1.807, 2.05) is 25.1 Å². The summed E-state index contributed by atoms with van der Waals surface area (Å²) >= 11 is 1.22. The number of carbonyl (C=O) groups excluding carboxylic acids is 1. The van der Waals surface area contributed by atoms with Crippen molar-refractivity contribution in [3.05, 3.63) is 51.7 Å². The van der Waals surface area contributed by atoms with Crippen LogP contribution in [0, 0.1) is 5.92 Å². The summed E-state index contributed by atoms with van der Waals surface area (Å²) in [6.45, 7) is 8.23. The molecule has 158 valence electrons. The molecule has 1 aliphatic heterocycles. The number of fused-ring (bicyclic) bond motifs is 1. The lowest BCUT2D eigenvalue weighted by Gasteiger charge is -2.29. The Morgan fingerprint density at radius 1 is 1.14 bits per heavy atom. The number of thiophene rings is 1. The largest absolute Gasteiger partial charge is 0.338 e. The number of sulfonamides is 1. The van der Waals surface area contributed by atoms with Gasteiger partial charge in [-0.25, -0.2) is 8.42 Å². The SMILES string of the molecule is CCC(CC)CN(CC)C(=O)c1sccc1S(=O)(=O)N1CCc2ccccc2C1. The Kier molecular flexibility index (Phi) is 7.14. The van der Waals surface area contributed by atoms with Crippen LogP contribution >= 0.6 is 11.3 Å². The molecule has 0 aliphatic carbocycles. The third-order valence-corrected chi connectivity index (χ3v) is 8.76. The van der Waals surface area contributed by atoms with Crippen LogP contribution in [0.2, 0.25) is 0 Å². The van der Waals surface area contributed by atoms with Crippen molar-refractivity contribution in [1.82, 2.24) is 9.21 Å². The topological polar surface area (TPSA) is 57.7 Å². The van der Waals surface area contributed by atoms with E-state index in [0.29, 0.717) is 43.4 Å². The second-order valence-electron chi connectivity index (χ2n) is 7.50. The zero-order valence-corrected chi connectivity index (χ0v) is 19.1. The molecule has 0 saturated carbocycles. The maximum atomic E-state index is 13.4. The van der Waals surface area contributed by atoms with Crippen molar-refractivity contribution in [3.63, 3.8) is 0 Å². The molecule has 3 rings (SSSR count). The molecule has 29 heavy (non-hydrogen) atoms. The van der Waals surface area contributed by atoms with Crippen molar-refractivity contribution < 1.29 is 13.2 Å². The molecule has 1 aromatic carbocycles. The van der Waals surface area contributed by atoms with Gasteiger partial charge in [-0.05, 0) is 41.8 Å². The lowest BCUT2D eigenvalue weighted by Crippen LogP contribution is -2.38. The first-order valence-electron chi connectivity index (χ1n) is 10.4. The average Bonchev–Trinajstić information content (AvgIpc) is 3.25. The standard InChI is InChI=1S/C22H30N2O3S2/c1-4-17(5-2)15-23(6-3)22(25)21-20(12-14-28-21)29(26,27)24-13-11-18-9-7-8-10-19(18)16-24/h7-10,12,14,17H,4-6,11,13,15-16H2,1-3H3. The summed E-state index contributed by atoms with van der Waals surface area (Å²) in [5.41, 5.74) is 2.23. The molecule has 0 spiro atoms. The van der Waals surface area contributed by atoms with Crippen LogP contribution in [0.5, 0.6) is 0 Å². The fourth-order valence-corrected chi connectivity index (χ4v) is 6.61. The number of hydrogen-bond donors (Lipinski definition) is 0. The van der Waals surface area contributed by atoms with Crippen molar-refractivity contribution in [3.8, 4) is 0 Å². The van der Waals surface area contributed by atoms with Crippen LogP contribution in [-0.4, -0.2) is 43.2 Å². The van der Waals surface area contributed by atoms with Crippen LogP contribution in [0.15, 0.2) is 40.6 Å². The molecule has 7 heteroatoms. The zero-order valence-electron chi connectivity index (χ0n) is 17.4. The van der Waals surface area contributed by atoms with E-state index in [4.69, 9.17) is 0 Å². The van der Waals surface area contributed by atoms with Gasteiger partial charge in [0.1, 0.15) is 9.77 Å². The highest BCUT2D eigenvalue weighted by Gasteiger charge is 2.33. The van der Waals surface area contributed by atoms with Gasteiger partial charge in [0.2, 0.25) is 10.0 Å². The van der Waals surface area contributed by atoms with Gasteiger partial charge in [0.15, 0.2) is 0 Å².